The second-order valence-electron chi connectivity index (χ2n) is 6.32. The first-order valence-electron chi connectivity index (χ1n) is 7.12. The van der Waals surface area contributed by atoms with Crippen molar-refractivity contribution < 1.29 is 14.0 Å². The molecule has 0 saturated carbocycles. The van der Waals surface area contributed by atoms with Crippen LogP contribution in [0.15, 0.2) is 24.3 Å². The van der Waals surface area contributed by atoms with E-state index in [1.165, 1.54) is 12.1 Å². The number of nitrogens with two attached hydrogens (primary N) is 1. The molecule has 1 aliphatic heterocycles. The van der Waals surface area contributed by atoms with Gasteiger partial charge in [-0.05, 0) is 37.0 Å². The SMILES string of the molecule is CC(CC(=O)N1CC(C)(C(N)=O)C1)Cc1cccc(F)c1. The van der Waals surface area contributed by atoms with E-state index in [0.717, 1.165) is 5.56 Å². The first kappa shape index (κ1) is 15.5. The maximum atomic E-state index is 13.1. The molecule has 0 spiro atoms. The molecule has 0 aliphatic carbocycles. The van der Waals surface area contributed by atoms with Crippen LogP contribution in [-0.4, -0.2) is 29.8 Å². The van der Waals surface area contributed by atoms with E-state index in [9.17, 15) is 14.0 Å². The summed E-state index contributed by atoms with van der Waals surface area (Å²) in [5, 5.41) is 0. The van der Waals surface area contributed by atoms with Crippen molar-refractivity contribution >= 4 is 11.8 Å². The van der Waals surface area contributed by atoms with Gasteiger partial charge in [0.15, 0.2) is 0 Å². The minimum absolute atomic E-state index is 0.0256. The molecule has 0 aromatic heterocycles. The Balaban J connectivity index is 1.82. The molecule has 1 aromatic carbocycles. The molecule has 1 saturated heterocycles. The maximum Gasteiger partial charge on any atom is 0.226 e. The fourth-order valence-electron chi connectivity index (χ4n) is 2.69. The van der Waals surface area contributed by atoms with Crippen LogP contribution in [0, 0.1) is 17.2 Å². The number of carbonyl (C=O) groups excluding carboxylic acids is 2. The lowest BCUT2D eigenvalue weighted by Gasteiger charge is -2.46. The summed E-state index contributed by atoms with van der Waals surface area (Å²) in [4.78, 5) is 25.0. The third kappa shape index (κ3) is 3.60. The monoisotopic (exact) mass is 292 g/mol. The molecule has 1 fully saturated rings. The van der Waals surface area contributed by atoms with Gasteiger partial charge in [-0.3, -0.25) is 9.59 Å². The predicted octanol–water partition coefficient (Wildman–Crippen LogP) is 1.73. The normalized spacial score (nSPS) is 18.0. The van der Waals surface area contributed by atoms with Crippen LogP contribution in [0.3, 0.4) is 0 Å². The van der Waals surface area contributed by atoms with E-state index >= 15 is 0 Å². The molecule has 114 valence electrons. The summed E-state index contributed by atoms with van der Waals surface area (Å²) in [5.74, 6) is -0.470. The van der Waals surface area contributed by atoms with Crippen LogP contribution in [0.4, 0.5) is 4.39 Å². The van der Waals surface area contributed by atoms with Crippen LogP contribution < -0.4 is 5.73 Å². The van der Waals surface area contributed by atoms with Gasteiger partial charge < -0.3 is 10.6 Å². The molecular weight excluding hydrogens is 271 g/mol. The molecule has 1 aliphatic rings. The first-order valence-corrected chi connectivity index (χ1v) is 7.12. The number of primary amides is 1. The number of hydrogen-bond acceptors (Lipinski definition) is 2. The number of halogens is 1. The van der Waals surface area contributed by atoms with E-state index in [2.05, 4.69) is 0 Å². The first-order chi connectivity index (χ1) is 9.80. The highest BCUT2D eigenvalue weighted by Crippen LogP contribution is 2.30. The van der Waals surface area contributed by atoms with Crippen LogP contribution >= 0.6 is 0 Å². The summed E-state index contributed by atoms with van der Waals surface area (Å²) in [6, 6.07) is 6.43. The molecule has 1 atom stereocenters. The van der Waals surface area contributed by atoms with Gasteiger partial charge in [0.05, 0.1) is 5.41 Å². The number of carbonyl (C=O) groups is 2. The Hall–Kier alpha value is -1.91. The number of likely N-dealkylation sites (tertiary alicyclic amines) is 1. The van der Waals surface area contributed by atoms with Crippen LogP contribution in [0.5, 0.6) is 0 Å². The summed E-state index contributed by atoms with van der Waals surface area (Å²) in [7, 11) is 0. The Morgan fingerprint density at radius 3 is 2.67 bits per heavy atom. The Labute approximate surface area is 124 Å². The van der Waals surface area contributed by atoms with Crippen molar-refractivity contribution in [3.05, 3.63) is 35.6 Å². The van der Waals surface area contributed by atoms with Crippen molar-refractivity contribution in [2.45, 2.75) is 26.7 Å². The topological polar surface area (TPSA) is 63.4 Å². The fraction of sp³-hybridized carbons (Fsp3) is 0.500. The minimum atomic E-state index is -0.582. The Morgan fingerprint density at radius 2 is 2.10 bits per heavy atom. The summed E-state index contributed by atoms with van der Waals surface area (Å²) < 4.78 is 13.1. The van der Waals surface area contributed by atoms with E-state index < -0.39 is 5.41 Å². The van der Waals surface area contributed by atoms with Crippen molar-refractivity contribution in [3.63, 3.8) is 0 Å². The molecule has 1 unspecified atom stereocenters. The molecule has 5 heteroatoms. The second kappa shape index (κ2) is 5.84. The molecular formula is C16H21FN2O2. The average molecular weight is 292 g/mol. The molecule has 1 heterocycles. The van der Waals surface area contributed by atoms with Gasteiger partial charge >= 0.3 is 0 Å². The van der Waals surface area contributed by atoms with Gasteiger partial charge in [-0.1, -0.05) is 19.1 Å². The number of hydrogen-bond donors (Lipinski definition) is 1. The molecule has 2 N–H and O–H groups in total. The quantitative estimate of drug-likeness (QED) is 0.898. The van der Waals surface area contributed by atoms with Crippen LogP contribution in [0.1, 0.15) is 25.8 Å². The van der Waals surface area contributed by atoms with Crippen molar-refractivity contribution in [1.82, 2.24) is 4.90 Å². The van der Waals surface area contributed by atoms with Crippen LogP contribution in [-0.2, 0) is 16.0 Å². The summed E-state index contributed by atoms with van der Waals surface area (Å²) in [5.41, 5.74) is 5.61. The standard InChI is InChI=1S/C16H21FN2O2/c1-11(6-12-4-3-5-13(17)8-12)7-14(20)19-9-16(2,10-19)15(18)21/h3-5,8,11H,6-7,9-10H2,1-2H3,(H2,18,21). The lowest BCUT2D eigenvalue weighted by Crippen LogP contribution is -2.62. The average Bonchev–Trinajstić information content (AvgIpc) is 2.34. The smallest absolute Gasteiger partial charge is 0.226 e. The van der Waals surface area contributed by atoms with Gasteiger partial charge in [0, 0.05) is 19.5 Å². The molecule has 1 aromatic rings. The van der Waals surface area contributed by atoms with Crippen molar-refractivity contribution in [3.8, 4) is 0 Å². The zero-order valence-electron chi connectivity index (χ0n) is 12.4. The lowest BCUT2D eigenvalue weighted by atomic mass is 9.80. The Bertz CT molecular complexity index is 553. The van der Waals surface area contributed by atoms with E-state index in [0.29, 0.717) is 25.9 Å². The summed E-state index contributed by atoms with van der Waals surface area (Å²) in [6.07, 6.45) is 1.05. The van der Waals surface area contributed by atoms with Crippen molar-refractivity contribution in [1.29, 1.82) is 0 Å². The zero-order valence-corrected chi connectivity index (χ0v) is 12.4. The van der Waals surface area contributed by atoms with E-state index in [-0.39, 0.29) is 23.5 Å². The van der Waals surface area contributed by atoms with Gasteiger partial charge in [-0.25, -0.2) is 4.39 Å². The number of benzene rings is 1. The van der Waals surface area contributed by atoms with Gasteiger partial charge in [0.1, 0.15) is 5.82 Å². The largest absolute Gasteiger partial charge is 0.369 e. The molecule has 2 rings (SSSR count). The fourth-order valence-corrected chi connectivity index (χ4v) is 2.69. The molecule has 2 amide bonds. The Kier molecular flexibility index (Phi) is 4.30. The van der Waals surface area contributed by atoms with E-state index in [1.54, 1.807) is 17.9 Å². The summed E-state index contributed by atoms with van der Waals surface area (Å²) in [6.45, 7) is 4.53. The molecule has 0 radical (unpaired) electrons. The third-order valence-corrected chi connectivity index (χ3v) is 4.02. The van der Waals surface area contributed by atoms with Crippen LogP contribution in [0.2, 0.25) is 0 Å². The van der Waals surface area contributed by atoms with Gasteiger partial charge in [-0.2, -0.15) is 0 Å². The Morgan fingerprint density at radius 1 is 1.43 bits per heavy atom. The minimum Gasteiger partial charge on any atom is -0.369 e. The lowest BCUT2D eigenvalue weighted by molar-refractivity contribution is -0.150. The summed E-state index contributed by atoms with van der Waals surface area (Å²) >= 11 is 0. The highest BCUT2D eigenvalue weighted by molar-refractivity contribution is 5.86. The molecule has 0 bridgehead atoms. The van der Waals surface area contributed by atoms with Gasteiger partial charge in [0.25, 0.3) is 0 Å². The predicted molar refractivity (Wildman–Crippen MR) is 77.8 cm³/mol. The number of nitrogens with zero attached hydrogens (tertiary/aromatic N) is 1. The maximum absolute atomic E-state index is 13.1. The van der Waals surface area contributed by atoms with Crippen molar-refractivity contribution in [2.24, 2.45) is 17.1 Å². The number of amides is 2. The zero-order chi connectivity index (χ0) is 15.6. The molecule has 21 heavy (non-hydrogen) atoms. The van der Waals surface area contributed by atoms with Gasteiger partial charge in [0.2, 0.25) is 11.8 Å². The number of rotatable bonds is 5. The second-order valence-corrected chi connectivity index (χ2v) is 6.32. The highest BCUT2D eigenvalue weighted by atomic mass is 19.1. The van der Waals surface area contributed by atoms with Crippen LogP contribution in [0.25, 0.3) is 0 Å². The third-order valence-electron chi connectivity index (χ3n) is 4.02. The van der Waals surface area contributed by atoms with Gasteiger partial charge in [-0.15, -0.1) is 0 Å². The van der Waals surface area contributed by atoms with Crippen molar-refractivity contribution in [2.75, 3.05) is 13.1 Å². The molecule has 4 nitrogen and oxygen atoms in total. The van der Waals surface area contributed by atoms with E-state index in [4.69, 9.17) is 5.73 Å². The highest BCUT2D eigenvalue weighted by Gasteiger charge is 2.45. The van der Waals surface area contributed by atoms with E-state index in [1.807, 2.05) is 13.0 Å².